The molecule has 86 valence electrons. The van der Waals surface area contributed by atoms with Crippen LogP contribution in [0.4, 0.5) is 17.1 Å². The van der Waals surface area contributed by atoms with Crippen LogP contribution in [0.25, 0.3) is 0 Å². The SMILES string of the molecule is O=S(=O)(CCCl)Nc1cccc2c1N=[Se]=N2. The third-order valence-corrected chi connectivity index (χ3v) is 4.72. The second-order valence-electron chi connectivity index (χ2n) is 3.05. The van der Waals surface area contributed by atoms with Crippen LogP contribution in [0.5, 0.6) is 0 Å². The van der Waals surface area contributed by atoms with Crippen molar-refractivity contribution in [3.8, 4) is 0 Å². The molecule has 0 fully saturated rings. The molecule has 0 radical (unpaired) electrons. The van der Waals surface area contributed by atoms with Crippen LogP contribution in [0.3, 0.4) is 0 Å². The Bertz CT molecular complexity index is 581. The molecule has 1 aromatic carbocycles. The predicted octanol–water partition coefficient (Wildman–Crippen LogP) is 2.02. The summed E-state index contributed by atoms with van der Waals surface area (Å²) in [5, 5.41) is 0. The predicted molar refractivity (Wildman–Crippen MR) is 64.5 cm³/mol. The van der Waals surface area contributed by atoms with Crippen LogP contribution in [-0.2, 0) is 10.0 Å². The van der Waals surface area contributed by atoms with Crippen molar-refractivity contribution in [2.75, 3.05) is 16.4 Å². The van der Waals surface area contributed by atoms with Crippen LogP contribution >= 0.6 is 11.6 Å². The fraction of sp³-hybridized carbons (Fsp3) is 0.250. The first kappa shape index (κ1) is 11.9. The van der Waals surface area contributed by atoms with Crippen molar-refractivity contribution in [1.82, 2.24) is 0 Å². The quantitative estimate of drug-likeness (QED) is 0.690. The van der Waals surface area contributed by atoms with Gasteiger partial charge in [0.15, 0.2) is 0 Å². The number of hydrogen-bond donors (Lipinski definition) is 1. The summed E-state index contributed by atoms with van der Waals surface area (Å²) in [6.07, 6.45) is 0. The normalized spacial score (nSPS) is 13.3. The summed E-state index contributed by atoms with van der Waals surface area (Å²) in [7, 11) is -3.38. The zero-order chi connectivity index (χ0) is 11.6. The molecule has 5 nitrogen and oxygen atoms in total. The summed E-state index contributed by atoms with van der Waals surface area (Å²) in [4.78, 5) is 0. The van der Waals surface area contributed by atoms with Crippen LogP contribution in [0.1, 0.15) is 0 Å². The Labute approximate surface area is 104 Å². The number of fused-ring (bicyclic) bond motifs is 1. The molecule has 0 saturated carbocycles. The monoisotopic (exact) mass is 325 g/mol. The molecule has 8 heteroatoms. The Morgan fingerprint density at radius 2 is 2.19 bits per heavy atom. The van der Waals surface area contributed by atoms with E-state index in [1.54, 1.807) is 12.1 Å². The van der Waals surface area contributed by atoms with Crippen LogP contribution in [0.15, 0.2) is 26.1 Å². The van der Waals surface area contributed by atoms with Gasteiger partial charge in [0.1, 0.15) is 0 Å². The minimum atomic E-state index is -3.38. The maximum atomic E-state index is 11.5. The minimum absolute atomic E-state index is 0.0653. The number of halogens is 1. The van der Waals surface area contributed by atoms with E-state index in [0.717, 1.165) is 5.69 Å². The van der Waals surface area contributed by atoms with Crippen molar-refractivity contribution in [1.29, 1.82) is 0 Å². The van der Waals surface area contributed by atoms with Gasteiger partial charge in [0.25, 0.3) is 0 Å². The summed E-state index contributed by atoms with van der Waals surface area (Å²) in [6, 6.07) is 5.23. The van der Waals surface area contributed by atoms with Crippen molar-refractivity contribution in [3.05, 3.63) is 18.2 Å². The van der Waals surface area contributed by atoms with Gasteiger partial charge in [-0.2, -0.15) is 0 Å². The molecule has 0 atom stereocenters. The van der Waals surface area contributed by atoms with Crippen molar-refractivity contribution < 1.29 is 8.42 Å². The molecule has 16 heavy (non-hydrogen) atoms. The van der Waals surface area contributed by atoms with Crippen LogP contribution in [0, 0.1) is 0 Å². The number of alkyl halides is 1. The molecule has 0 amide bonds. The van der Waals surface area contributed by atoms with Gasteiger partial charge in [-0.25, -0.2) is 0 Å². The molecule has 2 rings (SSSR count). The third-order valence-electron chi connectivity index (χ3n) is 1.90. The number of nitrogens with zero attached hydrogens (tertiary/aromatic N) is 2. The van der Waals surface area contributed by atoms with E-state index >= 15 is 0 Å². The molecule has 0 spiro atoms. The van der Waals surface area contributed by atoms with E-state index in [0.29, 0.717) is 11.4 Å². The average Bonchev–Trinajstić information content (AvgIpc) is 2.65. The van der Waals surface area contributed by atoms with Gasteiger partial charge < -0.3 is 0 Å². The fourth-order valence-corrected chi connectivity index (χ4v) is 3.78. The Balaban J connectivity index is 2.31. The van der Waals surface area contributed by atoms with E-state index in [1.165, 1.54) is 0 Å². The van der Waals surface area contributed by atoms with E-state index in [9.17, 15) is 8.42 Å². The maximum absolute atomic E-state index is 11.5. The molecule has 1 heterocycles. The van der Waals surface area contributed by atoms with Gasteiger partial charge in [0, 0.05) is 0 Å². The standard InChI is InChI=1S/C8H8ClN3O2SSe/c9-4-5-15(13,14)10-6-2-1-3-7-8(6)12-16-11-7/h1-3,10H,4-5H2. The third kappa shape index (κ3) is 2.55. The summed E-state index contributed by atoms with van der Waals surface area (Å²) < 4.78 is 33.9. The molecule has 0 unspecified atom stereocenters. The molecule has 1 N–H and O–H groups in total. The molecular formula is C8H8ClN3O2SSe. The molecule has 0 aromatic heterocycles. The molecule has 0 bridgehead atoms. The Kier molecular flexibility index (Phi) is 3.49. The first-order valence-electron chi connectivity index (χ1n) is 4.40. The van der Waals surface area contributed by atoms with Gasteiger partial charge >= 0.3 is 104 Å². The zero-order valence-corrected chi connectivity index (χ0v) is 11.3. The Morgan fingerprint density at radius 1 is 1.38 bits per heavy atom. The van der Waals surface area contributed by atoms with Crippen LogP contribution in [-0.4, -0.2) is 34.6 Å². The van der Waals surface area contributed by atoms with Gasteiger partial charge in [-0.05, 0) is 0 Å². The van der Waals surface area contributed by atoms with Gasteiger partial charge in [-0.15, -0.1) is 0 Å². The van der Waals surface area contributed by atoms with Gasteiger partial charge in [-0.1, -0.05) is 0 Å². The molecular weight excluding hydrogens is 317 g/mol. The van der Waals surface area contributed by atoms with Gasteiger partial charge in [0.05, 0.1) is 0 Å². The average molecular weight is 325 g/mol. The zero-order valence-electron chi connectivity index (χ0n) is 8.05. The Morgan fingerprint density at radius 3 is 2.94 bits per heavy atom. The molecule has 0 aliphatic carbocycles. The molecule has 0 saturated heterocycles. The van der Waals surface area contributed by atoms with Crippen LogP contribution in [0.2, 0.25) is 0 Å². The Hall–Kier alpha value is -0.621. The summed E-state index contributed by atoms with van der Waals surface area (Å²) in [6.45, 7) is 0. The van der Waals surface area contributed by atoms with Crippen molar-refractivity contribution >= 4 is 53.3 Å². The fourth-order valence-electron chi connectivity index (χ4n) is 1.21. The van der Waals surface area contributed by atoms with Crippen molar-refractivity contribution in [2.24, 2.45) is 7.92 Å². The number of hydrogen-bond acceptors (Lipinski definition) is 4. The first-order valence-corrected chi connectivity index (χ1v) is 8.12. The number of anilines is 1. The van der Waals surface area contributed by atoms with E-state index in [1.807, 2.05) is 6.07 Å². The first-order chi connectivity index (χ1) is 7.62. The molecule has 1 aliphatic rings. The molecule has 1 aromatic rings. The van der Waals surface area contributed by atoms with Crippen LogP contribution < -0.4 is 4.72 Å². The second-order valence-corrected chi connectivity index (χ2v) is 6.38. The number of rotatable bonds is 4. The number of benzene rings is 1. The van der Waals surface area contributed by atoms with Crippen molar-refractivity contribution in [3.63, 3.8) is 0 Å². The summed E-state index contributed by atoms with van der Waals surface area (Å²) >= 11 is 5.24. The van der Waals surface area contributed by atoms with E-state index in [2.05, 4.69) is 12.6 Å². The summed E-state index contributed by atoms with van der Waals surface area (Å²) in [5.41, 5.74) is 1.84. The number of sulfonamides is 1. The van der Waals surface area contributed by atoms with E-state index < -0.39 is 10.0 Å². The van der Waals surface area contributed by atoms with Gasteiger partial charge in [-0.3, -0.25) is 0 Å². The van der Waals surface area contributed by atoms with E-state index in [4.69, 9.17) is 11.6 Å². The summed E-state index contributed by atoms with van der Waals surface area (Å²) in [5.74, 6) is -0.0453. The van der Waals surface area contributed by atoms with Crippen molar-refractivity contribution in [2.45, 2.75) is 0 Å². The topological polar surface area (TPSA) is 70.9 Å². The van der Waals surface area contributed by atoms with E-state index in [-0.39, 0.29) is 26.2 Å². The second kappa shape index (κ2) is 4.71. The number of nitrogens with one attached hydrogen (secondary N) is 1. The molecule has 1 aliphatic heterocycles. The van der Waals surface area contributed by atoms with Gasteiger partial charge in [0.2, 0.25) is 0 Å².